The van der Waals surface area contributed by atoms with Crippen molar-refractivity contribution in [2.45, 2.75) is 12.5 Å². The van der Waals surface area contributed by atoms with Gasteiger partial charge in [-0.1, -0.05) is 49.0 Å². The third-order valence-corrected chi connectivity index (χ3v) is 7.54. The Labute approximate surface area is 193 Å². The predicted molar refractivity (Wildman–Crippen MR) is 132 cm³/mol. The number of thiophene rings is 1. The van der Waals surface area contributed by atoms with Crippen molar-refractivity contribution in [3.63, 3.8) is 0 Å². The normalized spacial score (nSPS) is 15.8. The summed E-state index contributed by atoms with van der Waals surface area (Å²) in [7, 11) is 0. The summed E-state index contributed by atoms with van der Waals surface area (Å²) in [5, 5.41) is 1.13. The number of carbonyl (C=O) groups excluding carboxylic acids is 1. The van der Waals surface area contributed by atoms with Gasteiger partial charge in [-0.15, -0.1) is 11.3 Å². The van der Waals surface area contributed by atoms with Crippen molar-refractivity contribution < 1.29 is 4.79 Å². The third-order valence-electron chi connectivity index (χ3n) is 5.65. The molecule has 1 aliphatic rings. The molecule has 4 aromatic rings. The van der Waals surface area contributed by atoms with E-state index in [0.717, 1.165) is 16.5 Å². The van der Waals surface area contributed by atoms with E-state index in [4.69, 9.17) is 0 Å². The predicted octanol–water partition coefficient (Wildman–Crippen LogP) is 6.23. The van der Waals surface area contributed by atoms with Gasteiger partial charge in [-0.05, 0) is 63.6 Å². The van der Waals surface area contributed by atoms with Crippen LogP contribution in [-0.2, 0) is 11.3 Å². The summed E-state index contributed by atoms with van der Waals surface area (Å²) in [6, 6.07) is 21.2. The monoisotopic (exact) mass is 522 g/mol. The van der Waals surface area contributed by atoms with E-state index >= 15 is 0 Å². The second kappa shape index (κ2) is 7.96. The molecule has 1 aliphatic heterocycles. The van der Waals surface area contributed by atoms with Crippen LogP contribution in [0.4, 0.5) is 0 Å². The number of pyridine rings is 1. The highest BCUT2D eigenvalue weighted by Crippen LogP contribution is 2.42. The molecule has 5 heteroatoms. The van der Waals surface area contributed by atoms with Gasteiger partial charge in [0.05, 0.1) is 14.9 Å². The Morgan fingerprint density at radius 3 is 2.80 bits per heavy atom. The first-order valence-electron chi connectivity index (χ1n) is 9.77. The Balaban J connectivity index is 1.65. The minimum Gasteiger partial charge on any atom is -0.333 e. The molecule has 3 heterocycles. The number of nitrogens with zero attached hydrogens (tertiary/aromatic N) is 2. The van der Waals surface area contributed by atoms with Crippen LogP contribution in [-0.4, -0.2) is 22.3 Å². The first-order chi connectivity index (χ1) is 14.6. The topological polar surface area (TPSA) is 33.2 Å². The van der Waals surface area contributed by atoms with E-state index in [1.165, 1.54) is 30.5 Å². The number of para-hydroxylation sites is 1. The molecule has 0 fully saturated rings. The third kappa shape index (κ3) is 3.46. The molecular formula is C25H19IN2OS. The molecule has 5 rings (SSSR count). The Kier molecular flexibility index (Phi) is 5.16. The number of halogens is 1. The van der Waals surface area contributed by atoms with Crippen LogP contribution < -0.4 is 0 Å². The van der Waals surface area contributed by atoms with Crippen molar-refractivity contribution in [3.05, 3.63) is 98.4 Å². The Morgan fingerprint density at radius 2 is 1.93 bits per heavy atom. The van der Waals surface area contributed by atoms with Gasteiger partial charge in [0, 0.05) is 34.5 Å². The molecule has 0 radical (unpaired) electrons. The first-order valence-corrected chi connectivity index (χ1v) is 11.7. The Bertz CT molecular complexity index is 1280. The SMILES string of the molecule is C=CC(=O)N1Cc2sc(I)cc2[C@@H](c2ccccc2-c2cnc3ccccc3c2)C1. The van der Waals surface area contributed by atoms with Gasteiger partial charge in [0.2, 0.25) is 5.91 Å². The fraction of sp³-hybridized carbons (Fsp3) is 0.120. The number of hydrogen-bond donors (Lipinski definition) is 0. The number of carbonyl (C=O) groups is 1. The van der Waals surface area contributed by atoms with Crippen LogP contribution in [0.25, 0.3) is 22.0 Å². The van der Waals surface area contributed by atoms with Crippen LogP contribution in [0.3, 0.4) is 0 Å². The van der Waals surface area contributed by atoms with Crippen molar-refractivity contribution >= 4 is 50.7 Å². The van der Waals surface area contributed by atoms with Gasteiger partial charge < -0.3 is 4.90 Å². The van der Waals surface area contributed by atoms with Crippen LogP contribution in [0, 0.1) is 2.88 Å². The highest BCUT2D eigenvalue weighted by atomic mass is 127. The summed E-state index contributed by atoms with van der Waals surface area (Å²) >= 11 is 4.15. The van der Waals surface area contributed by atoms with Gasteiger partial charge in [0.1, 0.15) is 0 Å². The molecule has 30 heavy (non-hydrogen) atoms. The molecule has 0 aliphatic carbocycles. The molecule has 3 nitrogen and oxygen atoms in total. The molecule has 2 aromatic heterocycles. The standard InChI is InChI=1S/C25H19IN2OS/c1-2-25(29)28-14-21(20-12-24(26)30-23(20)15-28)19-9-5-4-8-18(19)17-11-16-7-3-6-10-22(16)27-13-17/h2-13,21H,1,14-15H2/t21-/m1/s1. The minimum absolute atomic E-state index is 0.0149. The van der Waals surface area contributed by atoms with Gasteiger partial charge in [0.25, 0.3) is 0 Å². The van der Waals surface area contributed by atoms with Gasteiger partial charge in [-0.3, -0.25) is 9.78 Å². The molecule has 0 bridgehead atoms. The molecule has 1 amide bonds. The van der Waals surface area contributed by atoms with Crippen LogP contribution in [0.15, 0.2) is 79.5 Å². The fourth-order valence-electron chi connectivity index (χ4n) is 4.23. The molecule has 1 atom stereocenters. The summed E-state index contributed by atoms with van der Waals surface area (Å²) in [5.74, 6) is 0.110. The summed E-state index contributed by atoms with van der Waals surface area (Å²) in [6.45, 7) is 5.00. The van der Waals surface area contributed by atoms with Crippen LogP contribution in [0.1, 0.15) is 21.9 Å². The van der Waals surface area contributed by atoms with Crippen molar-refractivity contribution in [2.75, 3.05) is 6.54 Å². The van der Waals surface area contributed by atoms with Crippen molar-refractivity contribution in [3.8, 4) is 11.1 Å². The van der Waals surface area contributed by atoms with E-state index in [-0.39, 0.29) is 11.8 Å². The van der Waals surface area contributed by atoms with Crippen LogP contribution >= 0.6 is 33.9 Å². The average molecular weight is 522 g/mol. The van der Waals surface area contributed by atoms with E-state index in [2.05, 4.69) is 76.6 Å². The second-order valence-corrected chi connectivity index (χ2v) is 10.4. The quantitative estimate of drug-likeness (QED) is 0.236. The van der Waals surface area contributed by atoms with Crippen molar-refractivity contribution in [1.29, 1.82) is 0 Å². The van der Waals surface area contributed by atoms with E-state index in [0.29, 0.717) is 13.1 Å². The zero-order valence-corrected chi connectivity index (χ0v) is 19.2. The molecule has 2 aromatic carbocycles. The second-order valence-electron chi connectivity index (χ2n) is 7.41. The lowest BCUT2D eigenvalue weighted by Crippen LogP contribution is -2.37. The number of benzene rings is 2. The molecule has 0 saturated heterocycles. The van der Waals surface area contributed by atoms with Gasteiger partial charge >= 0.3 is 0 Å². The number of fused-ring (bicyclic) bond motifs is 2. The molecule has 0 saturated carbocycles. The zero-order chi connectivity index (χ0) is 20.7. The molecule has 0 spiro atoms. The van der Waals surface area contributed by atoms with Crippen molar-refractivity contribution in [2.24, 2.45) is 0 Å². The van der Waals surface area contributed by atoms with Crippen LogP contribution in [0.5, 0.6) is 0 Å². The molecule has 148 valence electrons. The minimum atomic E-state index is -0.0149. The molecule has 0 unspecified atom stereocenters. The largest absolute Gasteiger partial charge is 0.333 e. The van der Waals surface area contributed by atoms with Gasteiger partial charge in [0.15, 0.2) is 0 Å². The smallest absolute Gasteiger partial charge is 0.246 e. The van der Waals surface area contributed by atoms with Gasteiger partial charge in [-0.2, -0.15) is 0 Å². The van der Waals surface area contributed by atoms with Crippen molar-refractivity contribution in [1.82, 2.24) is 9.88 Å². The molecular weight excluding hydrogens is 503 g/mol. The lowest BCUT2D eigenvalue weighted by Gasteiger charge is -2.33. The highest BCUT2D eigenvalue weighted by molar-refractivity contribution is 14.1. The number of rotatable bonds is 3. The summed E-state index contributed by atoms with van der Waals surface area (Å²) in [6.07, 6.45) is 3.37. The zero-order valence-electron chi connectivity index (χ0n) is 16.2. The van der Waals surface area contributed by atoms with Gasteiger partial charge in [-0.25, -0.2) is 0 Å². The Hall–Kier alpha value is -2.51. The maximum Gasteiger partial charge on any atom is 0.246 e. The molecule has 0 N–H and O–H groups in total. The summed E-state index contributed by atoms with van der Waals surface area (Å²) in [5.41, 5.74) is 5.82. The lowest BCUT2D eigenvalue weighted by molar-refractivity contribution is -0.127. The fourth-order valence-corrected chi connectivity index (χ4v) is 6.32. The number of amides is 1. The lowest BCUT2D eigenvalue weighted by atomic mass is 9.84. The average Bonchev–Trinajstić information content (AvgIpc) is 3.17. The van der Waals surface area contributed by atoms with E-state index in [1.807, 2.05) is 29.3 Å². The number of aromatic nitrogens is 1. The summed E-state index contributed by atoms with van der Waals surface area (Å²) in [4.78, 5) is 20.3. The highest BCUT2D eigenvalue weighted by Gasteiger charge is 2.31. The van der Waals surface area contributed by atoms with Crippen LogP contribution in [0.2, 0.25) is 0 Å². The van der Waals surface area contributed by atoms with E-state index in [1.54, 1.807) is 11.3 Å². The summed E-state index contributed by atoms with van der Waals surface area (Å²) < 4.78 is 1.25. The maximum atomic E-state index is 12.5. The number of hydrogen-bond acceptors (Lipinski definition) is 3. The Morgan fingerprint density at radius 1 is 1.13 bits per heavy atom. The maximum absolute atomic E-state index is 12.5. The van der Waals surface area contributed by atoms with E-state index in [9.17, 15) is 4.79 Å². The first kappa shape index (κ1) is 19.5. The van der Waals surface area contributed by atoms with E-state index < -0.39 is 0 Å².